The standard InChI is InChI=1S/C3H5O/c1-2-3-4/h3H,1-2H2/p+1. The van der Waals surface area contributed by atoms with Crippen LogP contribution in [0.25, 0.3) is 0 Å². The number of hydrogen-bond donors (Lipinski definition) is 0. The van der Waals surface area contributed by atoms with Gasteiger partial charge in [-0.1, -0.05) is 0 Å². The number of rotatable bonds is 1. The Morgan fingerprint density at radius 3 is 2.25 bits per heavy atom. The molecule has 1 heteroatoms. The fourth-order valence-electron chi connectivity index (χ4n) is 0. The second-order valence-corrected chi connectivity index (χ2v) is 0.471. The zero-order chi connectivity index (χ0) is 3.41. The molecule has 0 aromatic carbocycles. The maximum absolute atomic E-state index is 7.69. The third-order valence-electron chi connectivity index (χ3n) is 0.129. The maximum Gasteiger partial charge on any atom is 0.281 e. The van der Waals surface area contributed by atoms with Crippen molar-refractivity contribution in [3.05, 3.63) is 6.92 Å². The highest BCUT2D eigenvalue weighted by Crippen LogP contribution is 1.51. The Kier molecular flexibility index (Phi) is 2.45. The molecule has 0 amide bonds. The monoisotopic (exact) mass is 58.0 g/mol. The van der Waals surface area contributed by atoms with Gasteiger partial charge in [-0.15, -0.1) is 0 Å². The van der Waals surface area contributed by atoms with E-state index in [0.29, 0.717) is 6.42 Å². The SMILES string of the molecule is [CH2]CC=[OH+]. The van der Waals surface area contributed by atoms with E-state index in [9.17, 15) is 0 Å². The van der Waals surface area contributed by atoms with Crippen LogP contribution < -0.4 is 0 Å². The van der Waals surface area contributed by atoms with Gasteiger partial charge in [0.15, 0.2) is 0 Å². The highest BCUT2D eigenvalue weighted by molar-refractivity contribution is 5.50. The molecule has 1 radical (unpaired) electrons. The lowest BCUT2D eigenvalue weighted by atomic mass is 10.6. The second kappa shape index (κ2) is 2.67. The van der Waals surface area contributed by atoms with Gasteiger partial charge in [0.1, 0.15) is 0 Å². The van der Waals surface area contributed by atoms with E-state index < -0.39 is 0 Å². The molecule has 0 rings (SSSR count). The van der Waals surface area contributed by atoms with Crippen molar-refractivity contribution in [2.24, 2.45) is 0 Å². The van der Waals surface area contributed by atoms with Crippen LogP contribution in [0.3, 0.4) is 0 Å². The summed E-state index contributed by atoms with van der Waals surface area (Å²) in [6, 6.07) is 0. The van der Waals surface area contributed by atoms with Crippen LogP contribution in [-0.2, 0) is 0 Å². The highest BCUT2D eigenvalue weighted by atomic mass is 16.1. The molecule has 0 bridgehead atoms. The number of carbonyl (C=O) groups excluding carboxylic acids is 1. The van der Waals surface area contributed by atoms with Crippen LogP contribution in [0.1, 0.15) is 6.42 Å². The Morgan fingerprint density at radius 1 is 2.00 bits per heavy atom. The minimum atomic E-state index is 0.500. The van der Waals surface area contributed by atoms with Crippen LogP contribution in [0.15, 0.2) is 0 Å². The third kappa shape index (κ3) is 1.67. The molecular weight excluding hydrogens is 52.0 g/mol. The summed E-state index contributed by atoms with van der Waals surface area (Å²) in [5, 5.41) is 0. The number of aldehydes is 1. The Hall–Kier alpha value is -0.330. The first-order valence-corrected chi connectivity index (χ1v) is 1.17. The summed E-state index contributed by atoms with van der Waals surface area (Å²) >= 11 is 0. The molecule has 0 saturated carbocycles. The van der Waals surface area contributed by atoms with Crippen molar-refractivity contribution in [2.75, 3.05) is 0 Å². The highest BCUT2D eigenvalue weighted by Gasteiger charge is 1.61. The maximum atomic E-state index is 7.69. The average Bonchev–Trinajstić information content (AvgIpc) is 1.37. The molecule has 4 heavy (non-hydrogen) atoms. The predicted octanol–water partition coefficient (Wildman–Crippen LogP) is 0.385. The van der Waals surface area contributed by atoms with Gasteiger partial charge in [0.2, 0.25) is 0 Å². The quantitative estimate of drug-likeness (QED) is 0.307. The average molecular weight is 58.1 g/mol. The summed E-state index contributed by atoms with van der Waals surface area (Å²) < 4.78 is 0. The van der Waals surface area contributed by atoms with Crippen molar-refractivity contribution in [2.45, 2.75) is 6.42 Å². The van der Waals surface area contributed by atoms with E-state index in [1.807, 2.05) is 0 Å². The van der Waals surface area contributed by atoms with Crippen molar-refractivity contribution >= 4 is 6.29 Å². The summed E-state index contributed by atoms with van der Waals surface area (Å²) in [4.78, 5) is 7.69. The minimum absolute atomic E-state index is 0.500. The van der Waals surface area contributed by atoms with Gasteiger partial charge in [0.05, 0.1) is 6.42 Å². The van der Waals surface area contributed by atoms with Gasteiger partial charge in [-0.2, -0.15) is 0 Å². The van der Waals surface area contributed by atoms with E-state index in [-0.39, 0.29) is 0 Å². The van der Waals surface area contributed by atoms with Crippen LogP contribution in [-0.4, -0.2) is 11.1 Å². The summed E-state index contributed by atoms with van der Waals surface area (Å²) in [5.74, 6) is 0. The Balaban J connectivity index is 2.30. The number of hydrogen-bond acceptors (Lipinski definition) is 0. The van der Waals surface area contributed by atoms with Crippen LogP contribution in [0, 0.1) is 6.92 Å². The van der Waals surface area contributed by atoms with E-state index in [1.54, 1.807) is 0 Å². The first-order chi connectivity index (χ1) is 1.91. The normalized spacial score (nSPS) is 6.25. The largest absolute Gasteiger partial charge is 0.287 e. The summed E-state index contributed by atoms with van der Waals surface area (Å²) in [5.41, 5.74) is 0. The third-order valence-corrected chi connectivity index (χ3v) is 0.129. The van der Waals surface area contributed by atoms with E-state index in [2.05, 4.69) is 6.92 Å². The molecule has 1 N–H and O–H groups in total. The molecular formula is C3H6O+. The van der Waals surface area contributed by atoms with Crippen LogP contribution in [0.5, 0.6) is 0 Å². The predicted molar refractivity (Wildman–Crippen MR) is 18.0 cm³/mol. The molecule has 1 nitrogen and oxygen atoms in total. The molecule has 0 aliphatic heterocycles. The molecule has 0 fully saturated rings. The zero-order valence-electron chi connectivity index (χ0n) is 2.44. The smallest absolute Gasteiger partial charge is 0.281 e. The zero-order valence-corrected chi connectivity index (χ0v) is 2.44. The first kappa shape index (κ1) is 3.67. The lowest BCUT2D eigenvalue weighted by Crippen LogP contribution is -1.57. The molecule has 0 aliphatic rings. The van der Waals surface area contributed by atoms with Gasteiger partial charge in [0.25, 0.3) is 6.29 Å². The molecule has 0 unspecified atom stereocenters. The van der Waals surface area contributed by atoms with Crippen molar-refractivity contribution in [3.8, 4) is 0 Å². The van der Waals surface area contributed by atoms with Crippen molar-refractivity contribution in [3.63, 3.8) is 0 Å². The van der Waals surface area contributed by atoms with Crippen molar-refractivity contribution in [1.82, 2.24) is 0 Å². The lowest BCUT2D eigenvalue weighted by molar-refractivity contribution is 0.686. The molecule has 23 valence electrons. The Morgan fingerprint density at radius 2 is 2.25 bits per heavy atom. The van der Waals surface area contributed by atoms with Crippen molar-refractivity contribution in [1.29, 1.82) is 0 Å². The lowest BCUT2D eigenvalue weighted by Gasteiger charge is -1.44. The van der Waals surface area contributed by atoms with Gasteiger partial charge in [0, 0.05) is 0 Å². The van der Waals surface area contributed by atoms with E-state index in [1.165, 1.54) is 0 Å². The summed E-state index contributed by atoms with van der Waals surface area (Å²) in [6.45, 7) is 3.30. The van der Waals surface area contributed by atoms with E-state index in [4.69, 9.17) is 4.79 Å². The fourth-order valence-corrected chi connectivity index (χ4v) is 0. The Bertz CT molecular complexity index is 17.2. The molecule has 0 atom stereocenters. The van der Waals surface area contributed by atoms with Gasteiger partial charge in [-0.05, 0) is 6.92 Å². The van der Waals surface area contributed by atoms with Gasteiger partial charge < -0.3 is 0 Å². The summed E-state index contributed by atoms with van der Waals surface area (Å²) in [6.07, 6.45) is 1.51. The van der Waals surface area contributed by atoms with Gasteiger partial charge in [-0.3, -0.25) is 4.79 Å². The molecule has 0 spiro atoms. The van der Waals surface area contributed by atoms with Gasteiger partial charge >= 0.3 is 0 Å². The van der Waals surface area contributed by atoms with Gasteiger partial charge in [-0.25, -0.2) is 0 Å². The van der Waals surface area contributed by atoms with Crippen LogP contribution in [0.2, 0.25) is 0 Å². The molecule has 0 aromatic heterocycles. The summed E-state index contributed by atoms with van der Waals surface area (Å²) in [7, 11) is 0. The fraction of sp³-hybridized carbons (Fsp3) is 0.333. The molecule has 0 saturated heterocycles. The van der Waals surface area contributed by atoms with Crippen molar-refractivity contribution < 1.29 is 4.79 Å². The first-order valence-electron chi connectivity index (χ1n) is 1.17. The Labute approximate surface area is 25.6 Å². The molecule has 0 aromatic rings. The van der Waals surface area contributed by atoms with Crippen LogP contribution >= 0.6 is 0 Å². The molecule has 0 aliphatic carbocycles. The minimum Gasteiger partial charge on any atom is -0.287 e. The van der Waals surface area contributed by atoms with Crippen LogP contribution in [0.4, 0.5) is 0 Å². The van der Waals surface area contributed by atoms with E-state index >= 15 is 0 Å². The van der Waals surface area contributed by atoms with E-state index in [0.717, 1.165) is 6.29 Å². The molecule has 0 heterocycles. The topological polar surface area (TPSA) is 21.4 Å². The second-order valence-electron chi connectivity index (χ2n) is 0.471.